The molecule has 0 aliphatic heterocycles. The fourth-order valence-corrected chi connectivity index (χ4v) is 1.60. The molecule has 84 valence electrons. The van der Waals surface area contributed by atoms with Gasteiger partial charge in [-0.1, -0.05) is 0 Å². The minimum Gasteiger partial charge on any atom is -0.314 e. The van der Waals surface area contributed by atoms with Crippen molar-refractivity contribution in [3.05, 3.63) is 54.1 Å². The van der Waals surface area contributed by atoms with E-state index >= 15 is 0 Å². The Morgan fingerprint density at radius 2 is 2.00 bits per heavy atom. The van der Waals surface area contributed by atoms with Crippen molar-refractivity contribution in [1.29, 1.82) is 5.26 Å². The van der Waals surface area contributed by atoms with Crippen molar-refractivity contribution in [1.82, 2.24) is 4.57 Å². The molecule has 17 heavy (non-hydrogen) atoms. The number of Topliss-reactive ketones (excluding diaryl/α,β-unsaturated/α-hetero) is 1. The van der Waals surface area contributed by atoms with Crippen molar-refractivity contribution in [2.24, 2.45) is 0 Å². The second-order valence-corrected chi connectivity index (χ2v) is 3.50. The molecule has 0 bridgehead atoms. The second-order valence-electron chi connectivity index (χ2n) is 3.50. The summed E-state index contributed by atoms with van der Waals surface area (Å²) in [5.41, 5.74) is 1.12. The molecule has 0 atom stereocenters. The number of hydrogen-bond acceptors (Lipinski definition) is 2. The van der Waals surface area contributed by atoms with Crippen LogP contribution in [0.15, 0.2) is 42.6 Å². The summed E-state index contributed by atoms with van der Waals surface area (Å²) in [6.07, 6.45) is 1.54. The normalized spacial score (nSPS) is 9.88. The maximum absolute atomic E-state index is 12.8. The fraction of sp³-hybridized carbons (Fsp3) is 0.0769. The van der Waals surface area contributed by atoms with E-state index in [0.717, 1.165) is 0 Å². The van der Waals surface area contributed by atoms with Gasteiger partial charge in [-0.25, -0.2) is 4.39 Å². The van der Waals surface area contributed by atoms with Gasteiger partial charge in [0.25, 0.3) is 0 Å². The van der Waals surface area contributed by atoms with Crippen LogP contribution in [0.3, 0.4) is 0 Å². The molecule has 2 aromatic rings. The van der Waals surface area contributed by atoms with Crippen LogP contribution < -0.4 is 0 Å². The van der Waals surface area contributed by atoms with Crippen LogP contribution in [0, 0.1) is 17.1 Å². The van der Waals surface area contributed by atoms with Gasteiger partial charge in [0.2, 0.25) is 0 Å². The highest BCUT2D eigenvalue weighted by Gasteiger charge is 2.11. The van der Waals surface area contributed by atoms with Crippen molar-refractivity contribution < 1.29 is 9.18 Å². The number of nitriles is 1. The van der Waals surface area contributed by atoms with E-state index in [2.05, 4.69) is 0 Å². The summed E-state index contributed by atoms with van der Waals surface area (Å²) in [5.74, 6) is -0.576. The summed E-state index contributed by atoms with van der Waals surface area (Å²) in [7, 11) is 0. The molecule has 0 aliphatic carbocycles. The molecule has 0 unspecified atom stereocenters. The van der Waals surface area contributed by atoms with E-state index in [1.54, 1.807) is 35.0 Å². The molecule has 1 aromatic carbocycles. The predicted octanol–water partition coefficient (Wildman–Crippen LogP) is 2.71. The van der Waals surface area contributed by atoms with E-state index in [9.17, 15) is 9.18 Å². The SMILES string of the molecule is N#CCC(=O)c1cccn1-c1ccc(F)cc1. The Morgan fingerprint density at radius 1 is 1.29 bits per heavy atom. The highest BCUT2D eigenvalue weighted by Crippen LogP contribution is 2.14. The predicted molar refractivity (Wildman–Crippen MR) is 60.3 cm³/mol. The Bertz CT molecular complexity index is 578. The number of benzene rings is 1. The minimum absolute atomic E-state index is 0.161. The molecule has 1 heterocycles. The van der Waals surface area contributed by atoms with Gasteiger partial charge in [-0.2, -0.15) is 5.26 Å². The highest BCUT2D eigenvalue weighted by atomic mass is 19.1. The molecular weight excluding hydrogens is 219 g/mol. The average molecular weight is 228 g/mol. The second kappa shape index (κ2) is 4.62. The molecule has 1 aromatic heterocycles. The first kappa shape index (κ1) is 11.1. The lowest BCUT2D eigenvalue weighted by atomic mass is 10.2. The van der Waals surface area contributed by atoms with Crippen molar-refractivity contribution in [3.63, 3.8) is 0 Å². The highest BCUT2D eigenvalue weighted by molar-refractivity contribution is 5.96. The van der Waals surface area contributed by atoms with Gasteiger partial charge in [-0.15, -0.1) is 0 Å². The number of nitrogens with zero attached hydrogens (tertiary/aromatic N) is 2. The largest absolute Gasteiger partial charge is 0.314 e. The molecule has 0 radical (unpaired) electrons. The quantitative estimate of drug-likeness (QED) is 0.758. The number of hydrogen-bond donors (Lipinski definition) is 0. The van der Waals surface area contributed by atoms with Crippen LogP contribution in [-0.2, 0) is 0 Å². The molecule has 0 amide bonds. The molecule has 0 fully saturated rings. The van der Waals surface area contributed by atoms with Gasteiger partial charge in [0.05, 0.1) is 11.8 Å². The van der Waals surface area contributed by atoms with E-state index in [1.165, 1.54) is 12.1 Å². The first-order chi connectivity index (χ1) is 8.22. The number of ketones is 1. The zero-order chi connectivity index (χ0) is 12.3. The summed E-state index contributed by atoms with van der Waals surface area (Å²) in [6.45, 7) is 0. The lowest BCUT2D eigenvalue weighted by molar-refractivity contribution is 0.0991. The van der Waals surface area contributed by atoms with Gasteiger partial charge in [0.15, 0.2) is 5.78 Å². The topological polar surface area (TPSA) is 45.8 Å². The summed E-state index contributed by atoms with van der Waals surface area (Å²) in [4.78, 5) is 11.6. The van der Waals surface area contributed by atoms with E-state index in [-0.39, 0.29) is 18.0 Å². The van der Waals surface area contributed by atoms with Gasteiger partial charge < -0.3 is 4.57 Å². The van der Waals surface area contributed by atoms with Crippen LogP contribution in [-0.4, -0.2) is 10.4 Å². The van der Waals surface area contributed by atoms with Crippen LogP contribution in [0.5, 0.6) is 0 Å². The monoisotopic (exact) mass is 228 g/mol. The molecule has 0 saturated carbocycles. The summed E-state index contributed by atoms with van der Waals surface area (Å²) in [6, 6.07) is 11.0. The molecule has 2 rings (SSSR count). The lowest BCUT2D eigenvalue weighted by Gasteiger charge is -2.07. The molecular formula is C13H9FN2O. The van der Waals surface area contributed by atoms with Crippen LogP contribution in [0.1, 0.15) is 16.9 Å². The Kier molecular flexibility index (Phi) is 3.01. The average Bonchev–Trinajstić information content (AvgIpc) is 2.79. The molecule has 0 saturated heterocycles. The first-order valence-electron chi connectivity index (χ1n) is 5.06. The van der Waals surface area contributed by atoms with Crippen molar-refractivity contribution in [2.75, 3.05) is 0 Å². The zero-order valence-corrected chi connectivity index (χ0v) is 8.93. The third-order valence-electron chi connectivity index (χ3n) is 2.38. The molecule has 0 spiro atoms. The zero-order valence-electron chi connectivity index (χ0n) is 8.93. The maximum atomic E-state index is 12.8. The number of carbonyl (C=O) groups excluding carboxylic acids is 1. The van der Waals surface area contributed by atoms with E-state index < -0.39 is 0 Å². The third kappa shape index (κ3) is 2.23. The maximum Gasteiger partial charge on any atom is 0.193 e. The van der Waals surface area contributed by atoms with Gasteiger partial charge in [-0.05, 0) is 36.4 Å². The van der Waals surface area contributed by atoms with Crippen molar-refractivity contribution in [3.8, 4) is 11.8 Å². The smallest absolute Gasteiger partial charge is 0.193 e. The molecule has 0 N–H and O–H groups in total. The standard InChI is InChI=1S/C13H9FN2O/c14-10-3-5-11(6-4-10)16-9-1-2-12(16)13(17)7-8-15/h1-6,9H,7H2. The van der Waals surface area contributed by atoms with Crippen LogP contribution in [0.4, 0.5) is 4.39 Å². The minimum atomic E-state index is -0.328. The van der Waals surface area contributed by atoms with E-state index in [0.29, 0.717) is 11.4 Å². The summed E-state index contributed by atoms with van der Waals surface area (Å²) in [5, 5.41) is 8.50. The van der Waals surface area contributed by atoms with E-state index in [1.807, 2.05) is 6.07 Å². The summed E-state index contributed by atoms with van der Waals surface area (Å²) >= 11 is 0. The molecule has 3 nitrogen and oxygen atoms in total. The Morgan fingerprint density at radius 3 is 2.65 bits per heavy atom. The third-order valence-corrected chi connectivity index (χ3v) is 2.38. The van der Waals surface area contributed by atoms with Crippen LogP contribution >= 0.6 is 0 Å². The van der Waals surface area contributed by atoms with E-state index in [4.69, 9.17) is 5.26 Å². The number of halogens is 1. The molecule has 0 aliphatic rings. The van der Waals surface area contributed by atoms with Crippen LogP contribution in [0.25, 0.3) is 5.69 Å². The van der Waals surface area contributed by atoms with Crippen molar-refractivity contribution >= 4 is 5.78 Å². The number of aromatic nitrogens is 1. The van der Waals surface area contributed by atoms with Gasteiger partial charge in [0.1, 0.15) is 12.2 Å². The Hall–Kier alpha value is -2.41. The van der Waals surface area contributed by atoms with Crippen molar-refractivity contribution in [2.45, 2.75) is 6.42 Å². The number of rotatable bonds is 3. The first-order valence-corrected chi connectivity index (χ1v) is 5.06. The fourth-order valence-electron chi connectivity index (χ4n) is 1.60. The van der Waals surface area contributed by atoms with Gasteiger partial charge in [0, 0.05) is 11.9 Å². The van der Waals surface area contributed by atoms with Crippen LogP contribution in [0.2, 0.25) is 0 Å². The lowest BCUT2D eigenvalue weighted by Crippen LogP contribution is -2.06. The number of carbonyl (C=O) groups is 1. The Labute approximate surface area is 97.7 Å². The molecule has 4 heteroatoms. The van der Waals surface area contributed by atoms with Gasteiger partial charge >= 0.3 is 0 Å². The van der Waals surface area contributed by atoms with Gasteiger partial charge in [-0.3, -0.25) is 4.79 Å². The Balaban J connectivity index is 2.40. The summed E-state index contributed by atoms with van der Waals surface area (Å²) < 4.78 is 14.4.